The topological polar surface area (TPSA) is 37.8 Å². The van der Waals surface area contributed by atoms with Crippen LogP contribution in [-0.2, 0) is 6.42 Å². The SMILES string of the molecule is CCNC(c1ccncc1)C1CCCc2cccnc21. The van der Waals surface area contributed by atoms with Crippen molar-refractivity contribution in [3.8, 4) is 0 Å². The van der Waals surface area contributed by atoms with Crippen molar-refractivity contribution in [2.24, 2.45) is 0 Å². The second-order valence-electron chi connectivity index (χ2n) is 5.36. The summed E-state index contributed by atoms with van der Waals surface area (Å²) >= 11 is 0. The molecule has 0 spiro atoms. The maximum atomic E-state index is 4.67. The van der Waals surface area contributed by atoms with Crippen molar-refractivity contribution in [2.75, 3.05) is 6.54 Å². The van der Waals surface area contributed by atoms with Gasteiger partial charge in [0, 0.05) is 36.2 Å². The van der Waals surface area contributed by atoms with Gasteiger partial charge in [-0.2, -0.15) is 0 Å². The molecule has 1 aliphatic rings. The summed E-state index contributed by atoms with van der Waals surface area (Å²) in [5.41, 5.74) is 4.01. The zero-order valence-corrected chi connectivity index (χ0v) is 11.9. The number of pyridine rings is 2. The Balaban J connectivity index is 1.97. The number of hydrogen-bond donors (Lipinski definition) is 1. The summed E-state index contributed by atoms with van der Waals surface area (Å²) in [5, 5.41) is 3.64. The molecular weight excluding hydrogens is 246 g/mol. The van der Waals surface area contributed by atoms with Crippen LogP contribution in [0, 0.1) is 0 Å². The maximum absolute atomic E-state index is 4.67. The molecule has 0 aliphatic heterocycles. The molecule has 0 radical (unpaired) electrons. The molecule has 0 amide bonds. The predicted octanol–water partition coefficient (Wildman–Crippen LogP) is 3.25. The van der Waals surface area contributed by atoms with E-state index in [1.165, 1.54) is 29.7 Å². The van der Waals surface area contributed by atoms with Gasteiger partial charge in [0.05, 0.1) is 0 Å². The normalized spacial score (nSPS) is 19.4. The standard InChI is InChI=1S/C17H21N3/c1-2-19-16(14-8-11-18-12-9-14)15-7-3-5-13-6-4-10-20-17(13)15/h4,6,8-12,15-16,19H,2-3,5,7H2,1H3. The molecule has 1 N–H and O–H groups in total. The van der Waals surface area contributed by atoms with Crippen molar-refractivity contribution in [2.45, 2.75) is 38.1 Å². The molecule has 20 heavy (non-hydrogen) atoms. The van der Waals surface area contributed by atoms with Crippen LogP contribution in [0.4, 0.5) is 0 Å². The van der Waals surface area contributed by atoms with Gasteiger partial charge in [-0.05, 0) is 55.1 Å². The van der Waals surface area contributed by atoms with Gasteiger partial charge in [0.25, 0.3) is 0 Å². The Morgan fingerprint density at radius 1 is 1.25 bits per heavy atom. The van der Waals surface area contributed by atoms with Gasteiger partial charge in [-0.1, -0.05) is 13.0 Å². The van der Waals surface area contributed by atoms with E-state index in [1.807, 2.05) is 18.6 Å². The number of hydrogen-bond acceptors (Lipinski definition) is 3. The van der Waals surface area contributed by atoms with Gasteiger partial charge in [0.15, 0.2) is 0 Å². The van der Waals surface area contributed by atoms with E-state index in [1.54, 1.807) is 0 Å². The van der Waals surface area contributed by atoms with Crippen molar-refractivity contribution < 1.29 is 0 Å². The first kappa shape index (κ1) is 13.3. The van der Waals surface area contributed by atoms with Crippen LogP contribution in [0.2, 0.25) is 0 Å². The molecule has 2 unspecified atom stereocenters. The Morgan fingerprint density at radius 2 is 2.10 bits per heavy atom. The first-order valence-corrected chi connectivity index (χ1v) is 7.47. The van der Waals surface area contributed by atoms with Gasteiger partial charge in [-0.3, -0.25) is 9.97 Å². The van der Waals surface area contributed by atoms with Gasteiger partial charge >= 0.3 is 0 Å². The minimum absolute atomic E-state index is 0.331. The largest absolute Gasteiger partial charge is 0.310 e. The van der Waals surface area contributed by atoms with Crippen LogP contribution in [0.25, 0.3) is 0 Å². The average Bonchev–Trinajstić information content (AvgIpc) is 2.53. The van der Waals surface area contributed by atoms with Gasteiger partial charge in [0.2, 0.25) is 0 Å². The molecule has 0 saturated heterocycles. The molecule has 0 saturated carbocycles. The van der Waals surface area contributed by atoms with Crippen LogP contribution in [0.3, 0.4) is 0 Å². The first-order chi connectivity index (χ1) is 9.90. The number of nitrogens with one attached hydrogen (secondary N) is 1. The van der Waals surface area contributed by atoms with Crippen molar-refractivity contribution in [3.05, 3.63) is 59.7 Å². The number of aryl methyl sites for hydroxylation is 1. The molecule has 2 aromatic heterocycles. The Hall–Kier alpha value is -1.74. The van der Waals surface area contributed by atoms with Crippen LogP contribution in [0.1, 0.15) is 48.5 Å². The highest BCUT2D eigenvalue weighted by atomic mass is 14.9. The van der Waals surface area contributed by atoms with Gasteiger partial charge in [-0.25, -0.2) is 0 Å². The third-order valence-corrected chi connectivity index (χ3v) is 4.13. The smallest absolute Gasteiger partial charge is 0.0485 e. The fourth-order valence-corrected chi connectivity index (χ4v) is 3.25. The van der Waals surface area contributed by atoms with Gasteiger partial charge < -0.3 is 5.32 Å². The molecular formula is C17H21N3. The predicted molar refractivity (Wildman–Crippen MR) is 80.6 cm³/mol. The molecule has 2 heterocycles. The van der Waals surface area contributed by atoms with Crippen LogP contribution in [0.5, 0.6) is 0 Å². The van der Waals surface area contributed by atoms with E-state index in [4.69, 9.17) is 0 Å². The Kier molecular flexibility index (Phi) is 4.07. The number of nitrogens with zero attached hydrogens (tertiary/aromatic N) is 2. The molecule has 1 aliphatic carbocycles. The molecule has 3 rings (SSSR count). The highest BCUT2D eigenvalue weighted by molar-refractivity contribution is 5.30. The van der Waals surface area contributed by atoms with E-state index in [-0.39, 0.29) is 0 Å². The fraction of sp³-hybridized carbons (Fsp3) is 0.412. The average molecular weight is 267 g/mol. The molecule has 0 aromatic carbocycles. The van der Waals surface area contributed by atoms with E-state index in [0.717, 1.165) is 13.0 Å². The zero-order chi connectivity index (χ0) is 13.8. The van der Waals surface area contributed by atoms with Crippen molar-refractivity contribution >= 4 is 0 Å². The number of rotatable bonds is 4. The van der Waals surface area contributed by atoms with Gasteiger partial charge in [-0.15, -0.1) is 0 Å². The van der Waals surface area contributed by atoms with E-state index in [0.29, 0.717) is 12.0 Å². The third-order valence-electron chi connectivity index (χ3n) is 4.13. The van der Waals surface area contributed by atoms with E-state index in [9.17, 15) is 0 Å². The lowest BCUT2D eigenvalue weighted by atomic mass is 9.79. The van der Waals surface area contributed by atoms with Crippen molar-refractivity contribution in [1.29, 1.82) is 0 Å². The summed E-state index contributed by atoms with van der Waals surface area (Å²) < 4.78 is 0. The highest BCUT2D eigenvalue weighted by Gasteiger charge is 2.29. The van der Waals surface area contributed by atoms with Crippen LogP contribution >= 0.6 is 0 Å². The summed E-state index contributed by atoms with van der Waals surface area (Å²) in [7, 11) is 0. The van der Waals surface area contributed by atoms with Crippen LogP contribution in [-0.4, -0.2) is 16.5 Å². The van der Waals surface area contributed by atoms with Crippen molar-refractivity contribution in [3.63, 3.8) is 0 Å². The quantitative estimate of drug-likeness (QED) is 0.924. The van der Waals surface area contributed by atoms with E-state index < -0.39 is 0 Å². The van der Waals surface area contributed by atoms with Crippen molar-refractivity contribution in [1.82, 2.24) is 15.3 Å². The first-order valence-electron chi connectivity index (χ1n) is 7.47. The van der Waals surface area contributed by atoms with Crippen LogP contribution < -0.4 is 5.32 Å². The molecule has 0 bridgehead atoms. The zero-order valence-electron chi connectivity index (χ0n) is 11.9. The third kappa shape index (κ3) is 2.59. The number of likely N-dealkylation sites (N-methyl/N-ethyl adjacent to an activating group) is 1. The Bertz CT molecular complexity index is 553. The lowest BCUT2D eigenvalue weighted by molar-refractivity contribution is 0.400. The Labute approximate surface area is 120 Å². The van der Waals surface area contributed by atoms with Gasteiger partial charge in [0.1, 0.15) is 0 Å². The highest BCUT2D eigenvalue weighted by Crippen LogP contribution is 2.38. The summed E-state index contributed by atoms with van der Waals surface area (Å²) in [5.74, 6) is 0.460. The summed E-state index contributed by atoms with van der Waals surface area (Å²) in [4.78, 5) is 8.81. The lowest BCUT2D eigenvalue weighted by Crippen LogP contribution is -2.29. The molecule has 2 aromatic rings. The molecule has 2 atom stereocenters. The second kappa shape index (κ2) is 6.14. The van der Waals surface area contributed by atoms with Crippen LogP contribution in [0.15, 0.2) is 42.9 Å². The second-order valence-corrected chi connectivity index (χ2v) is 5.36. The summed E-state index contributed by atoms with van der Waals surface area (Å²) in [6.07, 6.45) is 9.28. The minimum Gasteiger partial charge on any atom is -0.310 e. The summed E-state index contributed by atoms with van der Waals surface area (Å²) in [6, 6.07) is 8.84. The fourth-order valence-electron chi connectivity index (χ4n) is 3.25. The molecule has 104 valence electrons. The number of fused-ring (bicyclic) bond motifs is 1. The lowest BCUT2D eigenvalue weighted by Gasteiger charge is -2.32. The minimum atomic E-state index is 0.331. The number of aromatic nitrogens is 2. The van der Waals surface area contributed by atoms with E-state index >= 15 is 0 Å². The molecule has 3 heteroatoms. The summed E-state index contributed by atoms with van der Waals surface area (Å²) in [6.45, 7) is 3.13. The Morgan fingerprint density at radius 3 is 2.90 bits per heavy atom. The molecule has 3 nitrogen and oxygen atoms in total. The monoisotopic (exact) mass is 267 g/mol. The molecule has 0 fully saturated rings. The van der Waals surface area contributed by atoms with E-state index in [2.05, 4.69) is 46.5 Å². The maximum Gasteiger partial charge on any atom is 0.0485 e.